The molecule has 0 radical (unpaired) electrons. The van der Waals surface area contributed by atoms with Gasteiger partial charge < -0.3 is 10.2 Å². The standard InChI is InChI=1S/C26H32N4OS/c1-3-5-7-12-20(4-2)30-17-22(31)25-24(29-18-30)23-21(14-16-28-26(23)32-25)27-15-13-19-10-8-6-9-11-19/h6,8-11,14,16,18,20H,3-5,7,12-13,15,17H2,1-2H3,(H,27,28). The van der Waals surface area contributed by atoms with Crippen LogP contribution < -0.4 is 5.32 Å². The molecule has 0 aliphatic carbocycles. The third kappa shape index (κ3) is 5.01. The van der Waals surface area contributed by atoms with Crippen LogP contribution in [0.2, 0.25) is 0 Å². The number of nitrogens with one attached hydrogen (secondary N) is 1. The highest BCUT2D eigenvalue weighted by Gasteiger charge is 2.27. The topological polar surface area (TPSA) is 57.6 Å². The van der Waals surface area contributed by atoms with Crippen LogP contribution in [0.25, 0.3) is 10.2 Å². The number of Topliss-reactive ketones (excluding diaryl/α,β-unsaturated/α-hetero) is 1. The van der Waals surface area contributed by atoms with E-state index in [1.54, 1.807) is 0 Å². The van der Waals surface area contributed by atoms with Gasteiger partial charge >= 0.3 is 0 Å². The normalized spacial score (nSPS) is 14.4. The molecule has 2 aromatic heterocycles. The second kappa shape index (κ2) is 10.7. The smallest absolute Gasteiger partial charge is 0.194 e. The zero-order valence-electron chi connectivity index (χ0n) is 19.0. The van der Waals surface area contributed by atoms with Crippen LogP contribution >= 0.6 is 11.3 Å². The molecule has 1 aliphatic heterocycles. The number of benzene rings is 1. The lowest BCUT2D eigenvalue weighted by atomic mass is 10.0. The molecule has 3 aromatic rings. The van der Waals surface area contributed by atoms with Crippen molar-refractivity contribution in [1.29, 1.82) is 0 Å². The highest BCUT2D eigenvalue weighted by atomic mass is 32.1. The lowest BCUT2D eigenvalue weighted by molar-refractivity contribution is 0.0953. The number of carbonyl (C=O) groups excluding carboxylic acids is 1. The second-order valence-electron chi connectivity index (χ2n) is 8.38. The molecule has 1 aromatic carbocycles. The van der Waals surface area contributed by atoms with Gasteiger partial charge in [0.15, 0.2) is 5.78 Å². The molecule has 1 N–H and O–H groups in total. The molecule has 0 fully saturated rings. The van der Waals surface area contributed by atoms with Crippen molar-refractivity contribution in [2.24, 2.45) is 4.99 Å². The summed E-state index contributed by atoms with van der Waals surface area (Å²) < 4.78 is 0. The van der Waals surface area contributed by atoms with E-state index in [1.807, 2.05) is 24.7 Å². The Morgan fingerprint density at radius 1 is 1.16 bits per heavy atom. The molecule has 3 heterocycles. The van der Waals surface area contributed by atoms with Crippen LogP contribution in [0.15, 0.2) is 47.6 Å². The summed E-state index contributed by atoms with van der Waals surface area (Å²) in [7, 11) is 0. The number of unbranched alkanes of at least 4 members (excludes halogenated alkanes) is 2. The van der Waals surface area contributed by atoms with Gasteiger partial charge in [0.25, 0.3) is 0 Å². The van der Waals surface area contributed by atoms with Crippen molar-refractivity contribution in [1.82, 2.24) is 9.88 Å². The van der Waals surface area contributed by atoms with E-state index in [0.717, 1.165) is 52.3 Å². The van der Waals surface area contributed by atoms with Gasteiger partial charge in [0.05, 0.1) is 24.0 Å². The SMILES string of the molecule is CCCCCC(CC)N1C=Nc2c(sc3nccc(NCCc4ccccc4)c23)C(=O)C1. The first-order chi connectivity index (χ1) is 15.7. The molecule has 6 heteroatoms. The van der Waals surface area contributed by atoms with Gasteiger partial charge in [-0.15, -0.1) is 11.3 Å². The summed E-state index contributed by atoms with van der Waals surface area (Å²) in [5.41, 5.74) is 3.07. The number of aliphatic imine (C=N–C) groups is 1. The zero-order chi connectivity index (χ0) is 22.3. The average Bonchev–Trinajstić information content (AvgIpc) is 3.12. The van der Waals surface area contributed by atoms with E-state index in [-0.39, 0.29) is 5.78 Å². The first-order valence-corrected chi connectivity index (χ1v) is 12.5. The molecule has 4 rings (SSSR count). The summed E-state index contributed by atoms with van der Waals surface area (Å²) >= 11 is 1.47. The van der Waals surface area contributed by atoms with E-state index in [4.69, 9.17) is 4.99 Å². The van der Waals surface area contributed by atoms with Crippen molar-refractivity contribution in [2.75, 3.05) is 18.4 Å². The maximum absolute atomic E-state index is 13.2. The Kier molecular flexibility index (Phi) is 7.53. The lowest BCUT2D eigenvalue weighted by Gasteiger charge is -2.27. The van der Waals surface area contributed by atoms with E-state index in [0.29, 0.717) is 12.6 Å². The van der Waals surface area contributed by atoms with E-state index in [9.17, 15) is 4.79 Å². The summed E-state index contributed by atoms with van der Waals surface area (Å²) in [6.07, 6.45) is 10.4. The monoisotopic (exact) mass is 448 g/mol. The summed E-state index contributed by atoms with van der Waals surface area (Å²) in [6, 6.07) is 12.8. The van der Waals surface area contributed by atoms with Crippen molar-refractivity contribution in [3.8, 4) is 0 Å². The van der Waals surface area contributed by atoms with Gasteiger partial charge in [0, 0.05) is 24.5 Å². The molecule has 0 bridgehead atoms. The maximum atomic E-state index is 13.2. The van der Waals surface area contributed by atoms with Gasteiger partial charge in [-0.1, -0.05) is 63.4 Å². The van der Waals surface area contributed by atoms with E-state index in [2.05, 4.69) is 53.3 Å². The average molecular weight is 449 g/mol. The fraction of sp³-hybridized carbons (Fsp3) is 0.423. The molecule has 32 heavy (non-hydrogen) atoms. The number of fused-ring (bicyclic) bond motifs is 3. The predicted molar refractivity (Wildman–Crippen MR) is 136 cm³/mol. The Labute approximate surface area is 194 Å². The molecule has 1 aliphatic rings. The number of nitrogens with zero attached hydrogens (tertiary/aromatic N) is 3. The van der Waals surface area contributed by atoms with Crippen LogP contribution in [0.4, 0.5) is 11.4 Å². The summed E-state index contributed by atoms with van der Waals surface area (Å²) in [5.74, 6) is 0.143. The fourth-order valence-electron chi connectivity index (χ4n) is 4.32. The fourth-order valence-corrected chi connectivity index (χ4v) is 5.37. The molecule has 1 unspecified atom stereocenters. The van der Waals surface area contributed by atoms with Crippen LogP contribution in [0.1, 0.15) is 61.2 Å². The molecule has 5 nitrogen and oxygen atoms in total. The van der Waals surface area contributed by atoms with Gasteiger partial charge in [-0.3, -0.25) is 4.79 Å². The van der Waals surface area contributed by atoms with Crippen molar-refractivity contribution < 1.29 is 4.79 Å². The number of rotatable bonds is 10. The lowest BCUT2D eigenvalue weighted by Crippen LogP contribution is -2.37. The first kappa shape index (κ1) is 22.5. The Bertz CT molecular complexity index is 1080. The summed E-state index contributed by atoms with van der Waals surface area (Å²) in [5, 5.41) is 4.52. The van der Waals surface area contributed by atoms with Gasteiger partial charge in [-0.05, 0) is 30.9 Å². The minimum Gasteiger partial charge on any atom is -0.384 e. The Morgan fingerprint density at radius 3 is 2.78 bits per heavy atom. The zero-order valence-corrected chi connectivity index (χ0v) is 19.8. The molecule has 168 valence electrons. The van der Waals surface area contributed by atoms with E-state index < -0.39 is 0 Å². The van der Waals surface area contributed by atoms with Gasteiger partial charge in [0.1, 0.15) is 9.71 Å². The third-order valence-electron chi connectivity index (χ3n) is 6.13. The van der Waals surface area contributed by atoms with Crippen molar-refractivity contribution in [2.45, 2.75) is 58.4 Å². The molecule has 0 saturated carbocycles. The molecule has 0 spiro atoms. The van der Waals surface area contributed by atoms with Crippen molar-refractivity contribution in [3.63, 3.8) is 0 Å². The molecular weight excluding hydrogens is 416 g/mol. The van der Waals surface area contributed by atoms with Gasteiger partial charge in [-0.2, -0.15) is 0 Å². The number of aromatic nitrogens is 1. The summed E-state index contributed by atoms with van der Waals surface area (Å²) in [4.78, 5) is 26.3. The van der Waals surface area contributed by atoms with Gasteiger partial charge in [0.2, 0.25) is 0 Å². The van der Waals surface area contributed by atoms with Crippen molar-refractivity contribution >= 4 is 45.0 Å². The molecule has 0 saturated heterocycles. The van der Waals surface area contributed by atoms with Crippen LogP contribution in [0, 0.1) is 0 Å². The molecule has 0 amide bonds. The van der Waals surface area contributed by atoms with Crippen molar-refractivity contribution in [3.05, 3.63) is 53.0 Å². The van der Waals surface area contributed by atoms with E-state index in [1.165, 1.54) is 36.2 Å². The predicted octanol–water partition coefficient (Wildman–Crippen LogP) is 6.47. The number of hydrogen-bond acceptors (Lipinski definition) is 6. The quantitative estimate of drug-likeness (QED) is 0.361. The highest BCUT2D eigenvalue weighted by Crippen LogP contribution is 2.42. The molecular formula is C26H32N4OS. The van der Waals surface area contributed by atoms with Crippen LogP contribution in [0.3, 0.4) is 0 Å². The van der Waals surface area contributed by atoms with Crippen LogP contribution in [-0.2, 0) is 6.42 Å². The largest absolute Gasteiger partial charge is 0.384 e. The number of anilines is 1. The number of hydrogen-bond donors (Lipinski definition) is 1. The minimum atomic E-state index is 0.143. The van der Waals surface area contributed by atoms with Crippen LogP contribution in [0.5, 0.6) is 0 Å². The summed E-state index contributed by atoms with van der Waals surface area (Å²) in [6.45, 7) is 5.63. The third-order valence-corrected chi connectivity index (χ3v) is 7.26. The Hall–Kier alpha value is -2.73. The number of pyridine rings is 1. The maximum Gasteiger partial charge on any atom is 0.194 e. The number of ketones is 1. The number of thiophene rings is 1. The first-order valence-electron chi connectivity index (χ1n) is 11.7. The Balaban J connectivity index is 1.57. The van der Waals surface area contributed by atoms with Crippen LogP contribution in [-0.4, -0.2) is 41.1 Å². The highest BCUT2D eigenvalue weighted by molar-refractivity contribution is 7.21. The molecule has 1 atom stereocenters. The second-order valence-corrected chi connectivity index (χ2v) is 9.38. The number of carbonyl (C=O) groups is 1. The minimum absolute atomic E-state index is 0.143. The van der Waals surface area contributed by atoms with E-state index >= 15 is 0 Å². The Morgan fingerprint density at radius 2 is 2.00 bits per heavy atom. The van der Waals surface area contributed by atoms with Gasteiger partial charge in [-0.25, -0.2) is 9.98 Å².